The predicted octanol–water partition coefficient (Wildman–Crippen LogP) is 1.46. The molecule has 1 aliphatic rings. The summed E-state index contributed by atoms with van der Waals surface area (Å²) in [4.78, 5) is 12.6. The van der Waals surface area contributed by atoms with E-state index in [1.807, 2.05) is 24.3 Å². The molecule has 1 fully saturated rings. The van der Waals surface area contributed by atoms with Gasteiger partial charge in [0.05, 0.1) is 30.2 Å². The number of benzene rings is 1. The van der Waals surface area contributed by atoms with Crippen molar-refractivity contribution >= 4 is 10.8 Å². The van der Waals surface area contributed by atoms with Crippen LogP contribution >= 0.6 is 0 Å². The maximum atomic E-state index is 12.6. The Kier molecular flexibility index (Phi) is 4.34. The monoisotopic (exact) mass is 286 g/mol. The Morgan fingerprint density at radius 3 is 2.81 bits per heavy atom. The van der Waals surface area contributed by atoms with Gasteiger partial charge in [0, 0.05) is 11.8 Å². The Balaban J connectivity index is 1.87. The van der Waals surface area contributed by atoms with Crippen molar-refractivity contribution in [2.24, 2.45) is 0 Å². The average Bonchev–Trinajstić information content (AvgIpc) is 2.55. The summed E-state index contributed by atoms with van der Waals surface area (Å²) in [5.74, 6) is 0. The SMILES string of the molecule is CCc1nn(CCC2CCCC[NH2+]2)c(=O)c2ccccc12. The summed E-state index contributed by atoms with van der Waals surface area (Å²) < 4.78 is 1.68. The maximum Gasteiger partial charge on any atom is 0.274 e. The van der Waals surface area contributed by atoms with Crippen molar-refractivity contribution < 1.29 is 5.32 Å². The zero-order valence-corrected chi connectivity index (χ0v) is 12.7. The fourth-order valence-electron chi connectivity index (χ4n) is 3.29. The molecule has 0 saturated carbocycles. The van der Waals surface area contributed by atoms with E-state index >= 15 is 0 Å². The van der Waals surface area contributed by atoms with Crippen LogP contribution in [-0.4, -0.2) is 22.4 Å². The molecule has 2 aromatic rings. The molecule has 0 radical (unpaired) electrons. The predicted molar refractivity (Wildman–Crippen MR) is 84.4 cm³/mol. The second kappa shape index (κ2) is 6.39. The van der Waals surface area contributed by atoms with Gasteiger partial charge in [-0.3, -0.25) is 4.79 Å². The van der Waals surface area contributed by atoms with E-state index in [0.717, 1.165) is 35.9 Å². The van der Waals surface area contributed by atoms with Gasteiger partial charge in [0.15, 0.2) is 0 Å². The van der Waals surface area contributed by atoms with Crippen LogP contribution in [0.5, 0.6) is 0 Å². The molecule has 1 aromatic heterocycles. The number of piperidine rings is 1. The molecule has 1 atom stereocenters. The molecule has 3 rings (SSSR count). The van der Waals surface area contributed by atoms with Crippen LogP contribution < -0.4 is 10.9 Å². The number of nitrogens with zero attached hydrogens (tertiary/aromatic N) is 2. The van der Waals surface area contributed by atoms with E-state index in [1.165, 1.54) is 25.8 Å². The summed E-state index contributed by atoms with van der Waals surface area (Å²) in [6, 6.07) is 8.49. The molecular weight excluding hydrogens is 262 g/mol. The summed E-state index contributed by atoms with van der Waals surface area (Å²) >= 11 is 0. The number of rotatable bonds is 4. The summed E-state index contributed by atoms with van der Waals surface area (Å²) in [6.07, 6.45) is 5.81. The molecule has 1 unspecified atom stereocenters. The summed E-state index contributed by atoms with van der Waals surface area (Å²) in [5, 5.41) is 8.83. The van der Waals surface area contributed by atoms with Gasteiger partial charge in [-0.1, -0.05) is 25.1 Å². The first kappa shape index (κ1) is 14.3. The van der Waals surface area contributed by atoms with E-state index in [9.17, 15) is 4.79 Å². The molecule has 2 heterocycles. The molecule has 0 spiro atoms. The standard InChI is InChI=1S/C17H23N3O/c1-2-16-14-8-3-4-9-15(14)17(21)20(19-16)12-10-13-7-5-6-11-18-13/h3-4,8-9,13,18H,2,5-7,10-12H2,1H3/p+1. The Morgan fingerprint density at radius 2 is 2.10 bits per heavy atom. The van der Waals surface area contributed by atoms with Gasteiger partial charge in [0.1, 0.15) is 0 Å². The lowest BCUT2D eigenvalue weighted by atomic mass is 10.0. The molecule has 1 aromatic carbocycles. The van der Waals surface area contributed by atoms with Crippen molar-refractivity contribution in [1.82, 2.24) is 9.78 Å². The number of hydrogen-bond acceptors (Lipinski definition) is 2. The third kappa shape index (κ3) is 3.00. The molecule has 112 valence electrons. The quantitative estimate of drug-likeness (QED) is 0.925. The molecule has 2 N–H and O–H groups in total. The Hall–Kier alpha value is -1.68. The minimum absolute atomic E-state index is 0.0543. The van der Waals surface area contributed by atoms with Crippen LogP contribution in [0, 0.1) is 0 Å². The third-order valence-corrected chi connectivity index (χ3v) is 4.52. The minimum Gasteiger partial charge on any atom is -0.344 e. The summed E-state index contributed by atoms with van der Waals surface area (Å²) in [6.45, 7) is 4.06. The fraction of sp³-hybridized carbons (Fsp3) is 0.529. The van der Waals surface area contributed by atoms with Crippen LogP contribution in [0.1, 0.15) is 38.3 Å². The lowest BCUT2D eigenvalue weighted by Crippen LogP contribution is -2.91. The first-order chi connectivity index (χ1) is 10.3. The number of quaternary nitrogens is 1. The largest absolute Gasteiger partial charge is 0.344 e. The van der Waals surface area contributed by atoms with Crippen LogP contribution in [0.3, 0.4) is 0 Å². The van der Waals surface area contributed by atoms with Crippen LogP contribution in [0.2, 0.25) is 0 Å². The first-order valence-corrected chi connectivity index (χ1v) is 8.11. The highest BCUT2D eigenvalue weighted by molar-refractivity contribution is 5.83. The molecule has 0 amide bonds. The summed E-state index contributed by atoms with van der Waals surface area (Å²) in [7, 11) is 0. The van der Waals surface area contributed by atoms with E-state index in [2.05, 4.69) is 17.3 Å². The van der Waals surface area contributed by atoms with Gasteiger partial charge in [0.25, 0.3) is 5.56 Å². The number of aryl methyl sites for hydroxylation is 2. The van der Waals surface area contributed by atoms with Crippen LogP contribution in [0.25, 0.3) is 10.8 Å². The summed E-state index contributed by atoms with van der Waals surface area (Å²) in [5.41, 5.74) is 1.08. The zero-order chi connectivity index (χ0) is 14.7. The molecule has 4 heteroatoms. The maximum absolute atomic E-state index is 12.6. The van der Waals surface area contributed by atoms with Gasteiger partial charge in [-0.15, -0.1) is 0 Å². The highest BCUT2D eigenvalue weighted by atomic mass is 16.1. The van der Waals surface area contributed by atoms with Crippen LogP contribution in [-0.2, 0) is 13.0 Å². The number of nitrogens with two attached hydrogens (primary N) is 1. The van der Waals surface area contributed by atoms with Gasteiger partial charge < -0.3 is 5.32 Å². The van der Waals surface area contributed by atoms with Crippen LogP contribution in [0.4, 0.5) is 0 Å². The van der Waals surface area contributed by atoms with Crippen molar-refractivity contribution in [3.8, 4) is 0 Å². The molecular formula is C17H24N3O+. The van der Waals surface area contributed by atoms with E-state index in [1.54, 1.807) is 4.68 Å². The van der Waals surface area contributed by atoms with E-state index < -0.39 is 0 Å². The molecule has 21 heavy (non-hydrogen) atoms. The smallest absolute Gasteiger partial charge is 0.274 e. The van der Waals surface area contributed by atoms with Gasteiger partial charge in [-0.25, -0.2) is 4.68 Å². The lowest BCUT2D eigenvalue weighted by Gasteiger charge is -2.20. The van der Waals surface area contributed by atoms with Gasteiger partial charge in [0.2, 0.25) is 0 Å². The third-order valence-electron chi connectivity index (χ3n) is 4.52. The normalized spacial score (nSPS) is 19.0. The van der Waals surface area contributed by atoms with Crippen molar-refractivity contribution in [3.05, 3.63) is 40.3 Å². The van der Waals surface area contributed by atoms with Crippen molar-refractivity contribution in [2.45, 2.75) is 51.6 Å². The molecule has 1 saturated heterocycles. The topological polar surface area (TPSA) is 51.5 Å². The van der Waals surface area contributed by atoms with Gasteiger partial charge in [-0.2, -0.15) is 5.10 Å². The second-order valence-electron chi connectivity index (χ2n) is 5.94. The first-order valence-electron chi connectivity index (χ1n) is 8.11. The number of aromatic nitrogens is 2. The number of hydrogen-bond donors (Lipinski definition) is 1. The molecule has 1 aliphatic heterocycles. The zero-order valence-electron chi connectivity index (χ0n) is 12.7. The van der Waals surface area contributed by atoms with Gasteiger partial charge in [-0.05, 0) is 31.7 Å². The minimum atomic E-state index is 0.0543. The van der Waals surface area contributed by atoms with E-state index in [4.69, 9.17) is 0 Å². The van der Waals surface area contributed by atoms with Crippen molar-refractivity contribution in [2.75, 3.05) is 6.54 Å². The number of fused-ring (bicyclic) bond motifs is 1. The highest BCUT2D eigenvalue weighted by Crippen LogP contribution is 2.14. The molecule has 4 nitrogen and oxygen atoms in total. The Morgan fingerprint density at radius 1 is 1.29 bits per heavy atom. The second-order valence-corrected chi connectivity index (χ2v) is 5.94. The van der Waals surface area contributed by atoms with Crippen molar-refractivity contribution in [3.63, 3.8) is 0 Å². The van der Waals surface area contributed by atoms with Crippen molar-refractivity contribution in [1.29, 1.82) is 0 Å². The van der Waals surface area contributed by atoms with Crippen LogP contribution in [0.15, 0.2) is 29.1 Å². The molecule has 0 bridgehead atoms. The Labute approximate surface area is 125 Å². The van der Waals surface area contributed by atoms with E-state index in [0.29, 0.717) is 6.04 Å². The molecule has 0 aliphatic carbocycles. The van der Waals surface area contributed by atoms with E-state index in [-0.39, 0.29) is 5.56 Å². The average molecular weight is 286 g/mol. The fourth-order valence-corrected chi connectivity index (χ4v) is 3.29. The lowest BCUT2D eigenvalue weighted by molar-refractivity contribution is -0.698. The highest BCUT2D eigenvalue weighted by Gasteiger charge is 2.17. The van der Waals surface area contributed by atoms with Gasteiger partial charge >= 0.3 is 0 Å². The Bertz CT molecular complexity index is 671.